The van der Waals surface area contributed by atoms with E-state index in [9.17, 15) is 4.79 Å². The minimum atomic E-state index is -0.131. The number of nitrogens with zero attached hydrogens (tertiary/aromatic N) is 5. The van der Waals surface area contributed by atoms with Crippen LogP contribution in [0.2, 0.25) is 0 Å². The molecule has 1 aliphatic heterocycles. The van der Waals surface area contributed by atoms with Crippen LogP contribution in [-0.2, 0) is 0 Å². The summed E-state index contributed by atoms with van der Waals surface area (Å²) < 4.78 is 0. The van der Waals surface area contributed by atoms with Gasteiger partial charge in [0.25, 0.3) is 5.91 Å². The van der Waals surface area contributed by atoms with E-state index in [1.807, 2.05) is 33.2 Å². The summed E-state index contributed by atoms with van der Waals surface area (Å²) in [6.45, 7) is 7.03. The largest absolute Gasteiger partial charge is 0.368 e. The third-order valence-electron chi connectivity index (χ3n) is 4.85. The first kappa shape index (κ1) is 20.1. The van der Waals surface area contributed by atoms with Gasteiger partial charge in [-0.15, -0.1) is 0 Å². The first-order valence-electron chi connectivity index (χ1n) is 9.86. The Morgan fingerprint density at radius 3 is 2.43 bits per heavy atom. The lowest BCUT2D eigenvalue weighted by atomic mass is 10.2. The molecule has 7 heteroatoms. The molecule has 1 aromatic carbocycles. The molecule has 0 aliphatic carbocycles. The summed E-state index contributed by atoms with van der Waals surface area (Å²) in [5, 5.41) is 2.96. The van der Waals surface area contributed by atoms with Crippen LogP contribution in [0.3, 0.4) is 0 Å². The minimum Gasteiger partial charge on any atom is -0.368 e. The van der Waals surface area contributed by atoms with E-state index in [4.69, 9.17) is 0 Å². The van der Waals surface area contributed by atoms with Crippen LogP contribution in [0.5, 0.6) is 0 Å². The number of hydrogen-bond donors (Lipinski definition) is 1. The number of aryl methyl sites for hydroxylation is 1. The molecule has 1 aromatic heterocycles. The zero-order valence-electron chi connectivity index (χ0n) is 17.1. The Labute approximate surface area is 167 Å². The van der Waals surface area contributed by atoms with Crippen LogP contribution in [0.15, 0.2) is 36.4 Å². The molecule has 0 unspecified atom stereocenters. The number of anilines is 2. The quantitative estimate of drug-likeness (QED) is 0.737. The monoisotopic (exact) mass is 382 g/mol. The van der Waals surface area contributed by atoms with Gasteiger partial charge in [0.2, 0.25) is 0 Å². The van der Waals surface area contributed by atoms with Crippen LogP contribution in [-0.4, -0.2) is 74.1 Å². The van der Waals surface area contributed by atoms with Crippen molar-refractivity contribution in [3.05, 3.63) is 47.9 Å². The fourth-order valence-electron chi connectivity index (χ4n) is 3.35. The molecule has 150 valence electrons. The van der Waals surface area contributed by atoms with Crippen molar-refractivity contribution >= 4 is 17.4 Å². The maximum atomic E-state index is 12.5. The summed E-state index contributed by atoms with van der Waals surface area (Å²) >= 11 is 0. The number of benzene rings is 1. The van der Waals surface area contributed by atoms with Crippen molar-refractivity contribution in [1.82, 2.24) is 20.2 Å². The third kappa shape index (κ3) is 5.42. The molecule has 3 rings (SSSR count). The second-order valence-corrected chi connectivity index (χ2v) is 7.38. The molecule has 1 aliphatic rings. The highest BCUT2D eigenvalue weighted by Gasteiger charge is 2.20. The van der Waals surface area contributed by atoms with Gasteiger partial charge in [0.1, 0.15) is 17.3 Å². The molecule has 1 saturated heterocycles. The van der Waals surface area contributed by atoms with E-state index in [1.165, 1.54) is 5.69 Å². The second-order valence-electron chi connectivity index (χ2n) is 7.38. The van der Waals surface area contributed by atoms with E-state index in [-0.39, 0.29) is 5.91 Å². The first-order chi connectivity index (χ1) is 13.5. The van der Waals surface area contributed by atoms with Crippen LogP contribution in [0.25, 0.3) is 0 Å². The summed E-state index contributed by atoms with van der Waals surface area (Å²) in [6.07, 6.45) is 0.914. The van der Waals surface area contributed by atoms with Crippen LogP contribution < -0.4 is 15.1 Å². The normalized spacial score (nSPS) is 14.4. The van der Waals surface area contributed by atoms with Crippen molar-refractivity contribution in [3.63, 3.8) is 0 Å². The summed E-state index contributed by atoms with van der Waals surface area (Å²) in [5.41, 5.74) is 1.69. The topological polar surface area (TPSA) is 64.6 Å². The van der Waals surface area contributed by atoms with Crippen molar-refractivity contribution < 1.29 is 4.79 Å². The van der Waals surface area contributed by atoms with Gasteiger partial charge >= 0.3 is 0 Å². The number of aromatic nitrogens is 2. The molecule has 0 radical (unpaired) electrons. The Morgan fingerprint density at radius 1 is 1.07 bits per heavy atom. The van der Waals surface area contributed by atoms with Gasteiger partial charge in [-0.3, -0.25) is 4.79 Å². The van der Waals surface area contributed by atoms with E-state index in [1.54, 1.807) is 0 Å². The molecule has 0 saturated carbocycles. The van der Waals surface area contributed by atoms with Crippen LogP contribution >= 0.6 is 0 Å². The van der Waals surface area contributed by atoms with E-state index >= 15 is 0 Å². The Balaban J connectivity index is 1.60. The van der Waals surface area contributed by atoms with Gasteiger partial charge in [-0.05, 0) is 46.1 Å². The highest BCUT2D eigenvalue weighted by atomic mass is 16.1. The predicted octanol–water partition coefficient (Wildman–Crippen LogP) is 1.79. The highest BCUT2D eigenvalue weighted by Crippen LogP contribution is 2.19. The zero-order valence-corrected chi connectivity index (χ0v) is 17.1. The number of piperazine rings is 1. The molecular weight excluding hydrogens is 352 g/mol. The Hall–Kier alpha value is -2.67. The lowest BCUT2D eigenvalue weighted by molar-refractivity contribution is 0.0947. The molecule has 1 N–H and O–H groups in total. The Morgan fingerprint density at radius 2 is 1.75 bits per heavy atom. The second kappa shape index (κ2) is 9.50. The van der Waals surface area contributed by atoms with Gasteiger partial charge in [-0.2, -0.15) is 0 Å². The maximum Gasteiger partial charge on any atom is 0.270 e. The molecule has 1 amide bonds. The van der Waals surface area contributed by atoms with Crippen molar-refractivity contribution in [2.24, 2.45) is 0 Å². The SMILES string of the molecule is Cc1nc(C(=O)NCCCN(C)C)cc(N2CCN(c3ccccc3)CC2)n1. The number of carbonyl (C=O) groups is 1. The van der Waals surface area contributed by atoms with E-state index in [0.717, 1.165) is 45.0 Å². The summed E-state index contributed by atoms with van der Waals surface area (Å²) in [4.78, 5) is 28.1. The van der Waals surface area contributed by atoms with Crippen molar-refractivity contribution in [1.29, 1.82) is 0 Å². The predicted molar refractivity (Wildman–Crippen MR) is 113 cm³/mol. The van der Waals surface area contributed by atoms with Crippen LogP contribution in [0.1, 0.15) is 22.7 Å². The number of para-hydroxylation sites is 1. The third-order valence-corrected chi connectivity index (χ3v) is 4.85. The number of hydrogen-bond acceptors (Lipinski definition) is 6. The fourth-order valence-corrected chi connectivity index (χ4v) is 3.35. The molecule has 2 heterocycles. The Kier molecular flexibility index (Phi) is 6.81. The van der Waals surface area contributed by atoms with Gasteiger partial charge in [-0.25, -0.2) is 9.97 Å². The van der Waals surface area contributed by atoms with Gasteiger partial charge in [0.15, 0.2) is 0 Å². The van der Waals surface area contributed by atoms with E-state index < -0.39 is 0 Å². The van der Waals surface area contributed by atoms with Gasteiger partial charge in [0, 0.05) is 44.5 Å². The Bertz CT molecular complexity index is 772. The highest BCUT2D eigenvalue weighted by molar-refractivity contribution is 5.92. The molecule has 0 spiro atoms. The van der Waals surface area contributed by atoms with Gasteiger partial charge < -0.3 is 20.0 Å². The molecule has 28 heavy (non-hydrogen) atoms. The van der Waals surface area contributed by atoms with Crippen LogP contribution in [0.4, 0.5) is 11.5 Å². The van der Waals surface area contributed by atoms with Crippen molar-refractivity contribution in [3.8, 4) is 0 Å². The average molecular weight is 383 g/mol. The number of amides is 1. The molecule has 2 aromatic rings. The standard InChI is InChI=1S/C21H30N6O/c1-17-23-19(21(28)22-10-7-11-25(2)3)16-20(24-17)27-14-12-26(13-15-27)18-8-5-4-6-9-18/h4-6,8-9,16H,7,10-15H2,1-3H3,(H,22,28). The van der Waals surface area contributed by atoms with Gasteiger partial charge in [-0.1, -0.05) is 18.2 Å². The smallest absolute Gasteiger partial charge is 0.270 e. The van der Waals surface area contributed by atoms with Crippen molar-refractivity contribution in [2.75, 3.05) is 63.2 Å². The molecular formula is C21H30N6O. The first-order valence-corrected chi connectivity index (χ1v) is 9.86. The fraction of sp³-hybridized carbons (Fsp3) is 0.476. The van der Waals surface area contributed by atoms with E-state index in [0.29, 0.717) is 18.1 Å². The van der Waals surface area contributed by atoms with E-state index in [2.05, 4.69) is 54.2 Å². The number of carbonyl (C=O) groups excluding carboxylic acids is 1. The molecule has 0 atom stereocenters. The lowest BCUT2D eigenvalue weighted by Crippen LogP contribution is -2.47. The zero-order chi connectivity index (χ0) is 19.9. The lowest BCUT2D eigenvalue weighted by Gasteiger charge is -2.36. The maximum absolute atomic E-state index is 12.5. The van der Waals surface area contributed by atoms with Crippen LogP contribution in [0, 0.1) is 6.92 Å². The molecule has 7 nitrogen and oxygen atoms in total. The van der Waals surface area contributed by atoms with Gasteiger partial charge in [0.05, 0.1) is 0 Å². The average Bonchev–Trinajstić information content (AvgIpc) is 2.71. The number of rotatable bonds is 7. The summed E-state index contributed by atoms with van der Waals surface area (Å²) in [5.74, 6) is 1.33. The minimum absolute atomic E-state index is 0.131. The molecule has 1 fully saturated rings. The molecule has 0 bridgehead atoms. The summed E-state index contributed by atoms with van der Waals surface area (Å²) in [6, 6.07) is 12.3. The van der Waals surface area contributed by atoms with Crippen molar-refractivity contribution in [2.45, 2.75) is 13.3 Å². The number of nitrogens with one attached hydrogen (secondary N) is 1. The summed E-state index contributed by atoms with van der Waals surface area (Å²) in [7, 11) is 4.05.